The molecule has 3 heterocycles. The summed E-state index contributed by atoms with van der Waals surface area (Å²) >= 11 is 0. The van der Waals surface area contributed by atoms with Crippen LogP contribution in [-0.4, -0.2) is 47.5 Å². The number of ether oxygens (including phenoxy) is 1. The number of guanidine groups is 1. The largest absolute Gasteiger partial charge is 0.497 e. The van der Waals surface area contributed by atoms with Gasteiger partial charge in [0.05, 0.1) is 19.3 Å². The monoisotopic (exact) mass is 377 g/mol. The summed E-state index contributed by atoms with van der Waals surface area (Å²) in [6, 6.07) is 12.6. The average Bonchev–Trinajstić information content (AvgIpc) is 3.35. The lowest BCUT2D eigenvalue weighted by Crippen LogP contribution is -2.39. The molecule has 146 valence electrons. The van der Waals surface area contributed by atoms with E-state index >= 15 is 0 Å². The zero-order chi connectivity index (χ0) is 19.5. The molecule has 0 saturated carbocycles. The van der Waals surface area contributed by atoms with E-state index < -0.39 is 0 Å². The summed E-state index contributed by atoms with van der Waals surface area (Å²) in [4.78, 5) is 11.5. The Morgan fingerprint density at radius 2 is 2.11 bits per heavy atom. The molecule has 1 aromatic carbocycles. The van der Waals surface area contributed by atoms with Crippen molar-refractivity contribution in [3.8, 4) is 5.75 Å². The van der Waals surface area contributed by atoms with Crippen molar-refractivity contribution in [3.05, 3.63) is 65.6 Å². The molecule has 28 heavy (non-hydrogen) atoms. The minimum Gasteiger partial charge on any atom is -0.497 e. The van der Waals surface area contributed by atoms with Crippen LogP contribution in [0, 0.1) is 6.92 Å². The van der Waals surface area contributed by atoms with Gasteiger partial charge >= 0.3 is 0 Å². The highest BCUT2D eigenvalue weighted by molar-refractivity contribution is 5.80. The van der Waals surface area contributed by atoms with Crippen molar-refractivity contribution in [1.29, 1.82) is 0 Å². The molecule has 2 aromatic heterocycles. The van der Waals surface area contributed by atoms with E-state index in [-0.39, 0.29) is 0 Å². The summed E-state index contributed by atoms with van der Waals surface area (Å²) < 4.78 is 7.32. The number of methoxy groups -OCH3 is 1. The third-order valence-electron chi connectivity index (χ3n) is 5.38. The van der Waals surface area contributed by atoms with Crippen molar-refractivity contribution in [2.75, 3.05) is 27.2 Å². The normalized spacial score (nSPS) is 17.3. The molecule has 0 amide bonds. The number of rotatable bonds is 4. The van der Waals surface area contributed by atoms with Crippen LogP contribution in [0.25, 0.3) is 5.65 Å². The number of fused-ring (bicyclic) bond motifs is 1. The summed E-state index contributed by atoms with van der Waals surface area (Å²) in [7, 11) is 3.54. The number of nitrogens with zero attached hydrogens (tertiary/aromatic N) is 4. The highest BCUT2D eigenvalue weighted by Gasteiger charge is 2.26. The number of aliphatic imine (C=N–C) groups is 1. The van der Waals surface area contributed by atoms with Crippen LogP contribution in [0.15, 0.2) is 53.8 Å². The fourth-order valence-electron chi connectivity index (χ4n) is 3.82. The van der Waals surface area contributed by atoms with Crippen molar-refractivity contribution in [2.24, 2.45) is 4.99 Å². The molecule has 1 atom stereocenters. The molecule has 3 aromatic rings. The molecule has 0 radical (unpaired) electrons. The maximum Gasteiger partial charge on any atom is 0.193 e. The van der Waals surface area contributed by atoms with Gasteiger partial charge in [0, 0.05) is 38.4 Å². The van der Waals surface area contributed by atoms with Gasteiger partial charge < -0.3 is 19.4 Å². The topological polar surface area (TPSA) is 54.2 Å². The van der Waals surface area contributed by atoms with Crippen LogP contribution in [0.5, 0.6) is 5.75 Å². The van der Waals surface area contributed by atoms with E-state index in [1.807, 2.05) is 19.2 Å². The van der Waals surface area contributed by atoms with E-state index in [0.29, 0.717) is 12.5 Å². The number of benzene rings is 1. The Morgan fingerprint density at radius 1 is 1.29 bits per heavy atom. The van der Waals surface area contributed by atoms with E-state index in [0.717, 1.165) is 42.6 Å². The predicted molar refractivity (Wildman–Crippen MR) is 112 cm³/mol. The molecule has 6 heteroatoms. The smallest absolute Gasteiger partial charge is 0.193 e. The first-order chi connectivity index (χ1) is 13.7. The first-order valence-corrected chi connectivity index (χ1v) is 9.70. The van der Waals surface area contributed by atoms with E-state index in [2.05, 4.69) is 63.2 Å². The second-order valence-corrected chi connectivity index (χ2v) is 7.31. The maximum atomic E-state index is 5.26. The minimum absolute atomic E-state index is 0.516. The van der Waals surface area contributed by atoms with E-state index in [1.165, 1.54) is 11.1 Å². The lowest BCUT2D eigenvalue weighted by atomic mass is 9.98. The van der Waals surface area contributed by atoms with Gasteiger partial charge in [-0.15, -0.1) is 0 Å². The van der Waals surface area contributed by atoms with E-state index in [1.54, 1.807) is 7.11 Å². The van der Waals surface area contributed by atoms with Gasteiger partial charge in [0.25, 0.3) is 0 Å². The van der Waals surface area contributed by atoms with Crippen LogP contribution >= 0.6 is 0 Å². The highest BCUT2D eigenvalue weighted by Crippen LogP contribution is 2.28. The Kier molecular flexibility index (Phi) is 5.19. The number of likely N-dealkylation sites (tertiary alicyclic amines) is 1. The Balaban J connectivity index is 1.38. The molecular formula is C22H27N5O. The summed E-state index contributed by atoms with van der Waals surface area (Å²) in [6.45, 7) is 4.72. The Morgan fingerprint density at radius 3 is 2.86 bits per heavy atom. The van der Waals surface area contributed by atoms with E-state index in [9.17, 15) is 0 Å². The van der Waals surface area contributed by atoms with Crippen molar-refractivity contribution in [3.63, 3.8) is 0 Å². The predicted octanol–water partition coefficient (Wildman–Crippen LogP) is 3.22. The van der Waals surface area contributed by atoms with Crippen LogP contribution in [0.1, 0.15) is 29.2 Å². The number of nitrogens with one attached hydrogen (secondary N) is 1. The number of hydrogen-bond acceptors (Lipinski definition) is 3. The van der Waals surface area contributed by atoms with Gasteiger partial charge in [0.15, 0.2) is 5.96 Å². The van der Waals surface area contributed by atoms with Crippen LogP contribution in [0.4, 0.5) is 0 Å². The molecule has 0 aliphatic carbocycles. The van der Waals surface area contributed by atoms with Gasteiger partial charge in [-0.1, -0.05) is 12.1 Å². The molecular weight excluding hydrogens is 350 g/mol. The average molecular weight is 377 g/mol. The SMILES string of the molecule is CN=C(NCc1cn2ccc(C)cc2n1)N1CCC(c2ccc(OC)cc2)C1. The van der Waals surface area contributed by atoms with Crippen LogP contribution in [-0.2, 0) is 6.54 Å². The Bertz CT molecular complexity index is 976. The quantitative estimate of drug-likeness (QED) is 0.560. The van der Waals surface area contributed by atoms with Gasteiger partial charge in [-0.3, -0.25) is 4.99 Å². The molecule has 4 rings (SSSR count). The second-order valence-electron chi connectivity index (χ2n) is 7.31. The van der Waals surface area contributed by atoms with Crippen molar-refractivity contribution in [2.45, 2.75) is 25.8 Å². The molecule has 1 N–H and O–H groups in total. The van der Waals surface area contributed by atoms with Crippen LogP contribution in [0.3, 0.4) is 0 Å². The third-order valence-corrected chi connectivity index (χ3v) is 5.38. The molecule has 6 nitrogen and oxygen atoms in total. The zero-order valence-corrected chi connectivity index (χ0v) is 16.7. The highest BCUT2D eigenvalue weighted by atomic mass is 16.5. The van der Waals surface area contributed by atoms with Crippen LogP contribution < -0.4 is 10.1 Å². The number of hydrogen-bond donors (Lipinski definition) is 1. The second kappa shape index (κ2) is 7.92. The van der Waals surface area contributed by atoms with Gasteiger partial charge in [-0.25, -0.2) is 4.98 Å². The minimum atomic E-state index is 0.516. The van der Waals surface area contributed by atoms with Gasteiger partial charge in [-0.2, -0.15) is 0 Å². The molecule has 1 aliphatic heterocycles. The lowest BCUT2D eigenvalue weighted by Gasteiger charge is -2.21. The number of aryl methyl sites for hydroxylation is 1. The van der Waals surface area contributed by atoms with Crippen molar-refractivity contribution >= 4 is 11.6 Å². The van der Waals surface area contributed by atoms with Gasteiger partial charge in [-0.05, 0) is 48.7 Å². The molecule has 1 unspecified atom stereocenters. The Labute approximate surface area is 165 Å². The Hall–Kier alpha value is -3.02. The molecule has 1 fully saturated rings. The molecule has 1 aliphatic rings. The van der Waals surface area contributed by atoms with Crippen LogP contribution in [0.2, 0.25) is 0 Å². The molecule has 1 saturated heterocycles. The number of pyridine rings is 1. The van der Waals surface area contributed by atoms with E-state index in [4.69, 9.17) is 9.72 Å². The first-order valence-electron chi connectivity index (χ1n) is 9.70. The maximum absolute atomic E-state index is 5.26. The van der Waals surface area contributed by atoms with Crippen molar-refractivity contribution < 1.29 is 4.74 Å². The number of aromatic nitrogens is 2. The zero-order valence-electron chi connectivity index (χ0n) is 16.7. The summed E-state index contributed by atoms with van der Waals surface area (Å²) in [5.41, 5.74) is 4.56. The fraction of sp³-hybridized carbons (Fsp3) is 0.364. The molecule has 0 spiro atoms. The first kappa shape index (κ1) is 18.3. The lowest BCUT2D eigenvalue weighted by molar-refractivity contribution is 0.414. The fourth-order valence-corrected chi connectivity index (χ4v) is 3.82. The van der Waals surface area contributed by atoms with Gasteiger partial charge in [0.1, 0.15) is 11.4 Å². The molecule has 0 bridgehead atoms. The van der Waals surface area contributed by atoms with Gasteiger partial charge in [0.2, 0.25) is 0 Å². The summed E-state index contributed by atoms with van der Waals surface area (Å²) in [5.74, 6) is 2.35. The summed E-state index contributed by atoms with van der Waals surface area (Å²) in [5, 5.41) is 3.47. The van der Waals surface area contributed by atoms with Crippen molar-refractivity contribution in [1.82, 2.24) is 19.6 Å². The number of imidazole rings is 1. The third kappa shape index (κ3) is 3.81. The summed E-state index contributed by atoms with van der Waals surface area (Å²) in [6.07, 6.45) is 5.25. The standard InChI is InChI=1S/C22H27N5O/c1-16-8-10-26-15-19(25-21(26)12-16)13-24-22(23-2)27-11-9-18(14-27)17-4-6-20(28-3)7-5-17/h4-8,10,12,15,18H,9,11,13-14H2,1-3H3,(H,23,24).